The summed E-state index contributed by atoms with van der Waals surface area (Å²) in [6, 6.07) is 12.3. The Morgan fingerprint density at radius 2 is 1.61 bits per heavy atom. The number of benzene rings is 3. The van der Waals surface area contributed by atoms with Gasteiger partial charge in [-0.1, -0.05) is 39.0 Å². The highest BCUT2D eigenvalue weighted by Gasteiger charge is 2.43. The lowest BCUT2D eigenvalue weighted by Gasteiger charge is -2.32. The summed E-state index contributed by atoms with van der Waals surface area (Å²) >= 11 is 0. The third kappa shape index (κ3) is 7.73. The summed E-state index contributed by atoms with van der Waals surface area (Å²) < 4.78 is 21.5. The predicted octanol–water partition coefficient (Wildman–Crippen LogP) is 6.77. The van der Waals surface area contributed by atoms with Gasteiger partial charge >= 0.3 is 12.2 Å². The van der Waals surface area contributed by atoms with Crippen molar-refractivity contribution in [2.45, 2.75) is 96.8 Å². The molecule has 3 aromatic carbocycles. The Balaban J connectivity index is 1.04. The Morgan fingerprint density at radius 1 is 0.852 bits per heavy atom. The van der Waals surface area contributed by atoms with Crippen molar-refractivity contribution in [2.75, 3.05) is 27.9 Å². The monoisotopic (exact) mass is 834 g/mol. The van der Waals surface area contributed by atoms with Gasteiger partial charge in [0.15, 0.2) is 0 Å². The fourth-order valence-corrected chi connectivity index (χ4v) is 9.20. The number of aromatic amines is 2. The van der Waals surface area contributed by atoms with Gasteiger partial charge in [-0.25, -0.2) is 19.6 Å². The zero-order valence-electron chi connectivity index (χ0n) is 35.8. The van der Waals surface area contributed by atoms with Crippen molar-refractivity contribution < 1.29 is 38.1 Å². The molecular formula is C45H54N8O8. The van der Waals surface area contributed by atoms with Crippen LogP contribution in [-0.2, 0) is 30.4 Å². The summed E-state index contributed by atoms with van der Waals surface area (Å²) in [7, 11) is 4.05. The Bertz CT molecular complexity index is 2500. The van der Waals surface area contributed by atoms with Gasteiger partial charge in [0.05, 0.1) is 55.3 Å². The van der Waals surface area contributed by atoms with Gasteiger partial charge in [-0.15, -0.1) is 0 Å². The highest BCUT2D eigenvalue weighted by atomic mass is 16.5. The van der Waals surface area contributed by atoms with Crippen molar-refractivity contribution in [2.24, 2.45) is 11.8 Å². The van der Waals surface area contributed by atoms with E-state index in [1.165, 1.54) is 21.3 Å². The van der Waals surface area contributed by atoms with E-state index >= 15 is 0 Å². The van der Waals surface area contributed by atoms with Gasteiger partial charge in [0.25, 0.3) is 0 Å². The second kappa shape index (κ2) is 16.7. The molecule has 0 saturated carbocycles. The van der Waals surface area contributed by atoms with Crippen LogP contribution in [0, 0.1) is 11.8 Å². The van der Waals surface area contributed by atoms with Crippen LogP contribution in [0.5, 0.6) is 5.75 Å². The first kappa shape index (κ1) is 41.6. The molecule has 3 aliphatic rings. The molecule has 0 aliphatic carbocycles. The van der Waals surface area contributed by atoms with Crippen molar-refractivity contribution in [3.05, 3.63) is 65.9 Å². The van der Waals surface area contributed by atoms with Crippen molar-refractivity contribution in [1.82, 2.24) is 40.4 Å². The van der Waals surface area contributed by atoms with E-state index in [-0.39, 0.29) is 41.8 Å². The summed E-state index contributed by atoms with van der Waals surface area (Å²) in [5.41, 5.74) is 6.50. The minimum absolute atomic E-state index is 0.0295. The number of hydrogen-bond donors (Lipinski definition) is 4. The zero-order chi connectivity index (χ0) is 43.3. The fraction of sp³-hybridized carbons (Fsp3) is 0.467. The van der Waals surface area contributed by atoms with Crippen LogP contribution in [0.25, 0.3) is 44.2 Å². The number of imidazole rings is 2. The summed E-state index contributed by atoms with van der Waals surface area (Å²) in [6.45, 7) is 10.6. The number of hydrogen-bond acceptors (Lipinski definition) is 10. The molecular weight excluding hydrogens is 781 g/mol. The Hall–Kier alpha value is -6.16. The highest BCUT2D eigenvalue weighted by molar-refractivity contribution is 6.07. The minimum atomic E-state index is -0.922. The molecule has 0 spiro atoms. The van der Waals surface area contributed by atoms with E-state index in [1.54, 1.807) is 18.0 Å². The molecule has 16 heteroatoms. The fourth-order valence-electron chi connectivity index (χ4n) is 9.20. The molecule has 322 valence electrons. The molecule has 2 unspecified atom stereocenters. The second-order valence-electron chi connectivity index (χ2n) is 16.9. The van der Waals surface area contributed by atoms with E-state index in [0.717, 1.165) is 68.3 Å². The number of aromatic nitrogens is 4. The Labute approximate surface area is 354 Å². The van der Waals surface area contributed by atoms with E-state index in [0.29, 0.717) is 31.2 Å². The van der Waals surface area contributed by atoms with Crippen LogP contribution in [0.3, 0.4) is 0 Å². The van der Waals surface area contributed by atoms with E-state index in [1.807, 2.05) is 31.7 Å². The first-order valence-electron chi connectivity index (χ1n) is 20.9. The van der Waals surface area contributed by atoms with Crippen LogP contribution in [0.4, 0.5) is 9.59 Å². The third-order valence-electron chi connectivity index (χ3n) is 12.6. The normalized spacial score (nSPS) is 21.1. The number of alkyl carbamates (subject to hydrolysis) is 2. The molecule has 8 rings (SSSR count). The Morgan fingerprint density at radius 3 is 2.33 bits per heavy atom. The number of H-pyrrole nitrogens is 2. The van der Waals surface area contributed by atoms with Crippen LogP contribution in [-0.4, -0.2) is 106 Å². The molecule has 5 aromatic rings. The first-order chi connectivity index (χ1) is 29.3. The second-order valence-corrected chi connectivity index (χ2v) is 16.9. The van der Waals surface area contributed by atoms with Gasteiger partial charge in [0.2, 0.25) is 11.8 Å². The van der Waals surface area contributed by atoms with Gasteiger partial charge in [-0.05, 0) is 91.3 Å². The maximum absolute atomic E-state index is 14.0. The molecule has 61 heavy (non-hydrogen) atoms. The number of amides is 4. The number of fused-ring (bicyclic) bond motifs is 6. The van der Waals surface area contributed by atoms with E-state index in [4.69, 9.17) is 28.9 Å². The lowest BCUT2D eigenvalue weighted by molar-refractivity contribution is -0.138. The molecule has 5 heterocycles. The lowest BCUT2D eigenvalue weighted by atomic mass is 9.92. The van der Waals surface area contributed by atoms with E-state index < -0.39 is 30.4 Å². The van der Waals surface area contributed by atoms with Crippen molar-refractivity contribution >= 4 is 45.8 Å². The standard InChI is InChI=1S/C45H54N8O8/c1-22(2)37(50-44(56)59-7)43(55)53-24(4)9-14-34(53)41-47-32-13-11-26-17-31-29-12-10-27(16-28(29)21-61-36(31)18-30(26)39(32)49-41)33-19-46-40(48-33)35-15-23(3)20-52(35)42(54)38(25(5)58-6)51-45(57)60-8/h10-13,16-19,22-25,34-35,37-38H,9,14-15,20-21H2,1-8H3,(H,46,48)(H,47,49)(H,50,56)(H,51,57)/t23-,24-,25+,34-,35-,37?,38?/m0/s1. The molecule has 7 atom stereocenters. The van der Waals surface area contributed by atoms with Crippen LogP contribution >= 0.6 is 0 Å². The number of ether oxygens (including phenoxy) is 4. The summed E-state index contributed by atoms with van der Waals surface area (Å²) in [5, 5.41) is 7.33. The number of methoxy groups -OCH3 is 3. The number of nitrogens with one attached hydrogen (secondary N) is 4. The van der Waals surface area contributed by atoms with Gasteiger partial charge in [-0.3, -0.25) is 9.59 Å². The van der Waals surface area contributed by atoms with Crippen LogP contribution in [0.15, 0.2) is 48.7 Å². The van der Waals surface area contributed by atoms with Gasteiger partial charge < -0.3 is 49.3 Å². The predicted molar refractivity (Wildman–Crippen MR) is 227 cm³/mol. The minimum Gasteiger partial charge on any atom is -0.488 e. The topological polar surface area (TPSA) is 193 Å². The SMILES string of the molecule is COC(=O)NC(C(=O)N1[C@@H](C)CC[C@H]1c1nc2c(ccc3cc4c(cc32)OCc2cc(-c3cnc([C@@H]5C[C@H](C)CN5C(=O)C(NC(=O)OC)[C@@H](C)OC)[nH]3)ccc2-4)[nH]1)C(C)C. The van der Waals surface area contributed by atoms with Crippen molar-refractivity contribution in [3.63, 3.8) is 0 Å². The molecule has 2 aromatic heterocycles. The Kier molecular flexibility index (Phi) is 11.4. The average molecular weight is 835 g/mol. The molecule has 4 amide bonds. The largest absolute Gasteiger partial charge is 0.488 e. The zero-order valence-corrected chi connectivity index (χ0v) is 35.8. The number of rotatable bonds is 10. The highest BCUT2D eigenvalue weighted by Crippen LogP contribution is 2.44. The molecule has 2 saturated heterocycles. The molecule has 0 radical (unpaired) electrons. The van der Waals surface area contributed by atoms with Gasteiger partial charge in [-0.2, -0.15) is 0 Å². The van der Waals surface area contributed by atoms with Gasteiger partial charge in [0.1, 0.15) is 36.1 Å². The first-order valence-corrected chi connectivity index (χ1v) is 20.9. The molecule has 3 aliphatic heterocycles. The van der Waals surface area contributed by atoms with Crippen LogP contribution in [0.2, 0.25) is 0 Å². The summed E-state index contributed by atoms with van der Waals surface area (Å²) in [6.07, 6.45) is 2.15. The van der Waals surface area contributed by atoms with Crippen molar-refractivity contribution in [3.8, 4) is 28.1 Å². The molecule has 0 bridgehead atoms. The summed E-state index contributed by atoms with van der Waals surface area (Å²) in [5.74, 6) is 1.81. The average Bonchev–Trinajstić information content (AvgIpc) is 4.08. The maximum Gasteiger partial charge on any atom is 0.407 e. The molecule has 2 fully saturated rings. The number of nitrogens with zero attached hydrogens (tertiary/aromatic N) is 4. The smallest absolute Gasteiger partial charge is 0.407 e. The van der Waals surface area contributed by atoms with Crippen molar-refractivity contribution in [1.29, 1.82) is 0 Å². The lowest BCUT2D eigenvalue weighted by Crippen LogP contribution is -2.54. The summed E-state index contributed by atoms with van der Waals surface area (Å²) in [4.78, 5) is 72.6. The maximum atomic E-state index is 14.0. The van der Waals surface area contributed by atoms with Gasteiger partial charge in [0, 0.05) is 30.6 Å². The molecule has 16 nitrogen and oxygen atoms in total. The molecule has 4 N–H and O–H groups in total. The van der Waals surface area contributed by atoms with E-state index in [9.17, 15) is 19.2 Å². The van der Waals surface area contributed by atoms with Crippen LogP contribution in [0.1, 0.15) is 83.2 Å². The number of likely N-dealkylation sites (tertiary alicyclic amines) is 2. The third-order valence-corrected chi connectivity index (χ3v) is 12.6. The quantitative estimate of drug-likeness (QED) is 0.117. The number of carbonyl (C=O) groups excluding carboxylic acids is 4. The van der Waals surface area contributed by atoms with Crippen LogP contribution < -0.4 is 15.4 Å². The number of carbonyl (C=O) groups is 4. The van der Waals surface area contributed by atoms with E-state index in [2.05, 4.69) is 63.9 Å².